The predicted molar refractivity (Wildman–Crippen MR) is 84.0 cm³/mol. The number of hydrogen-bond donors (Lipinski definition) is 1. The first-order valence-electron chi connectivity index (χ1n) is 7.29. The minimum atomic E-state index is 0.0842. The van der Waals surface area contributed by atoms with Gasteiger partial charge in [-0.2, -0.15) is 5.10 Å². The molecule has 2 aromatic rings. The Balaban J connectivity index is 1.87. The summed E-state index contributed by atoms with van der Waals surface area (Å²) in [4.78, 5) is 12.0. The second-order valence-corrected chi connectivity index (χ2v) is 5.48. The lowest BCUT2D eigenvalue weighted by atomic mass is 10.1. The van der Waals surface area contributed by atoms with E-state index >= 15 is 0 Å². The van der Waals surface area contributed by atoms with E-state index in [0.29, 0.717) is 13.0 Å². The summed E-state index contributed by atoms with van der Waals surface area (Å²) in [5, 5.41) is 7.37. The highest BCUT2D eigenvalue weighted by atomic mass is 16.1. The zero-order chi connectivity index (χ0) is 15.4. The minimum absolute atomic E-state index is 0.0842. The Kier molecular flexibility index (Phi) is 4.78. The maximum Gasteiger partial charge on any atom is 0.220 e. The first-order chi connectivity index (χ1) is 9.99. The van der Waals surface area contributed by atoms with Gasteiger partial charge in [0.2, 0.25) is 5.91 Å². The van der Waals surface area contributed by atoms with Gasteiger partial charge in [-0.25, -0.2) is 0 Å². The van der Waals surface area contributed by atoms with Crippen molar-refractivity contribution in [1.82, 2.24) is 15.1 Å². The number of aromatic nitrogens is 2. The Morgan fingerprint density at radius 3 is 2.57 bits per heavy atom. The van der Waals surface area contributed by atoms with Crippen molar-refractivity contribution in [3.8, 4) is 0 Å². The molecule has 112 valence electrons. The Morgan fingerprint density at radius 1 is 1.24 bits per heavy atom. The standard InChI is InChI=1S/C17H23N3O/c1-12-7-5-6-8-15(12)11-18-17(21)10-9-16-13(2)19-20(4)14(16)3/h5-8H,9-11H2,1-4H3,(H,18,21). The van der Waals surface area contributed by atoms with E-state index in [0.717, 1.165) is 17.8 Å². The molecule has 0 saturated carbocycles. The Bertz CT molecular complexity index is 643. The Hall–Kier alpha value is -2.10. The molecule has 2 rings (SSSR count). The molecular weight excluding hydrogens is 262 g/mol. The van der Waals surface area contributed by atoms with Gasteiger partial charge in [0.15, 0.2) is 0 Å². The van der Waals surface area contributed by atoms with Crippen LogP contribution in [0.25, 0.3) is 0 Å². The number of carbonyl (C=O) groups is 1. The van der Waals surface area contributed by atoms with Crippen LogP contribution in [-0.2, 0) is 24.8 Å². The summed E-state index contributed by atoms with van der Waals surface area (Å²) in [6.45, 7) is 6.69. The van der Waals surface area contributed by atoms with Gasteiger partial charge in [0.05, 0.1) is 5.69 Å². The van der Waals surface area contributed by atoms with Crippen LogP contribution in [0, 0.1) is 20.8 Å². The van der Waals surface area contributed by atoms with Gasteiger partial charge in [-0.3, -0.25) is 9.48 Å². The molecule has 1 heterocycles. The summed E-state index contributed by atoms with van der Waals surface area (Å²) in [7, 11) is 1.93. The van der Waals surface area contributed by atoms with Gasteiger partial charge in [0.1, 0.15) is 0 Å². The number of nitrogens with one attached hydrogen (secondary N) is 1. The third-order valence-electron chi connectivity index (χ3n) is 4.00. The van der Waals surface area contributed by atoms with Crippen molar-refractivity contribution in [3.63, 3.8) is 0 Å². The maximum absolute atomic E-state index is 12.0. The molecule has 0 unspecified atom stereocenters. The number of rotatable bonds is 5. The zero-order valence-corrected chi connectivity index (χ0v) is 13.2. The highest BCUT2D eigenvalue weighted by molar-refractivity contribution is 5.76. The molecule has 4 heteroatoms. The van der Waals surface area contributed by atoms with Gasteiger partial charge >= 0.3 is 0 Å². The van der Waals surface area contributed by atoms with Crippen LogP contribution in [0.15, 0.2) is 24.3 Å². The van der Waals surface area contributed by atoms with E-state index in [2.05, 4.69) is 23.4 Å². The van der Waals surface area contributed by atoms with Crippen molar-refractivity contribution in [2.75, 3.05) is 0 Å². The van der Waals surface area contributed by atoms with Gasteiger partial charge in [0, 0.05) is 25.7 Å². The number of amides is 1. The summed E-state index contributed by atoms with van der Waals surface area (Å²) in [5.74, 6) is 0.0842. The first-order valence-corrected chi connectivity index (χ1v) is 7.29. The van der Waals surface area contributed by atoms with Crippen molar-refractivity contribution in [1.29, 1.82) is 0 Å². The summed E-state index contributed by atoms with van der Waals surface area (Å²) < 4.78 is 1.87. The zero-order valence-electron chi connectivity index (χ0n) is 13.2. The molecule has 0 radical (unpaired) electrons. The molecule has 0 atom stereocenters. The van der Waals surface area contributed by atoms with Gasteiger partial charge in [-0.15, -0.1) is 0 Å². The lowest BCUT2D eigenvalue weighted by Gasteiger charge is -2.08. The van der Waals surface area contributed by atoms with Crippen molar-refractivity contribution in [2.24, 2.45) is 7.05 Å². The van der Waals surface area contributed by atoms with E-state index in [1.54, 1.807) is 0 Å². The Morgan fingerprint density at radius 2 is 1.95 bits per heavy atom. The number of nitrogens with zero attached hydrogens (tertiary/aromatic N) is 2. The van der Waals surface area contributed by atoms with Crippen molar-refractivity contribution in [3.05, 3.63) is 52.3 Å². The summed E-state index contributed by atoms with van der Waals surface area (Å²) in [6, 6.07) is 8.11. The molecule has 0 aliphatic carbocycles. The molecule has 0 fully saturated rings. The van der Waals surface area contributed by atoms with E-state index < -0.39 is 0 Å². The number of carbonyl (C=O) groups excluding carboxylic acids is 1. The normalized spacial score (nSPS) is 10.7. The second kappa shape index (κ2) is 6.57. The van der Waals surface area contributed by atoms with E-state index in [1.165, 1.54) is 16.7 Å². The number of benzene rings is 1. The van der Waals surface area contributed by atoms with Crippen molar-refractivity contribution < 1.29 is 4.79 Å². The monoisotopic (exact) mass is 285 g/mol. The quantitative estimate of drug-likeness (QED) is 0.918. The molecule has 0 spiro atoms. The van der Waals surface area contributed by atoms with Crippen LogP contribution in [-0.4, -0.2) is 15.7 Å². The van der Waals surface area contributed by atoms with Crippen LogP contribution in [0.3, 0.4) is 0 Å². The summed E-state index contributed by atoms with van der Waals surface area (Å²) in [5.41, 5.74) is 5.71. The van der Waals surface area contributed by atoms with Crippen LogP contribution in [0.4, 0.5) is 0 Å². The maximum atomic E-state index is 12.0. The van der Waals surface area contributed by atoms with Gasteiger partial charge < -0.3 is 5.32 Å². The molecule has 0 bridgehead atoms. The molecule has 0 saturated heterocycles. The third-order valence-corrected chi connectivity index (χ3v) is 4.00. The molecule has 1 amide bonds. The predicted octanol–water partition coefficient (Wildman–Crippen LogP) is 2.59. The largest absolute Gasteiger partial charge is 0.352 e. The average Bonchev–Trinajstić information content (AvgIpc) is 2.69. The molecule has 0 aliphatic rings. The van der Waals surface area contributed by atoms with E-state index in [1.807, 2.05) is 43.8 Å². The number of hydrogen-bond acceptors (Lipinski definition) is 2. The van der Waals surface area contributed by atoms with Gasteiger partial charge in [-0.1, -0.05) is 24.3 Å². The lowest BCUT2D eigenvalue weighted by molar-refractivity contribution is -0.121. The van der Waals surface area contributed by atoms with Gasteiger partial charge in [0.25, 0.3) is 0 Å². The molecule has 1 N–H and O–H groups in total. The highest BCUT2D eigenvalue weighted by Crippen LogP contribution is 2.14. The molecule has 1 aromatic heterocycles. The van der Waals surface area contributed by atoms with Crippen LogP contribution in [0.1, 0.15) is 34.5 Å². The average molecular weight is 285 g/mol. The fraction of sp³-hybridized carbons (Fsp3) is 0.412. The van der Waals surface area contributed by atoms with Crippen LogP contribution >= 0.6 is 0 Å². The summed E-state index contributed by atoms with van der Waals surface area (Å²) >= 11 is 0. The summed E-state index contributed by atoms with van der Waals surface area (Å²) in [6.07, 6.45) is 1.24. The third kappa shape index (κ3) is 3.72. The van der Waals surface area contributed by atoms with Crippen LogP contribution < -0.4 is 5.32 Å². The second-order valence-electron chi connectivity index (χ2n) is 5.48. The fourth-order valence-electron chi connectivity index (χ4n) is 2.51. The minimum Gasteiger partial charge on any atom is -0.352 e. The SMILES string of the molecule is Cc1ccccc1CNC(=O)CCc1c(C)nn(C)c1C. The van der Waals surface area contributed by atoms with Crippen LogP contribution in [0.5, 0.6) is 0 Å². The highest BCUT2D eigenvalue weighted by Gasteiger charge is 2.11. The van der Waals surface area contributed by atoms with E-state index in [9.17, 15) is 4.79 Å². The molecule has 0 aliphatic heterocycles. The van der Waals surface area contributed by atoms with Gasteiger partial charge in [-0.05, 0) is 43.9 Å². The molecule has 21 heavy (non-hydrogen) atoms. The Labute approximate surface area is 126 Å². The number of aryl methyl sites for hydroxylation is 3. The van der Waals surface area contributed by atoms with Crippen molar-refractivity contribution >= 4 is 5.91 Å². The molecular formula is C17H23N3O. The topological polar surface area (TPSA) is 46.9 Å². The molecule has 1 aromatic carbocycles. The first kappa shape index (κ1) is 15.3. The van der Waals surface area contributed by atoms with Crippen LogP contribution in [0.2, 0.25) is 0 Å². The van der Waals surface area contributed by atoms with E-state index in [4.69, 9.17) is 0 Å². The van der Waals surface area contributed by atoms with E-state index in [-0.39, 0.29) is 5.91 Å². The lowest BCUT2D eigenvalue weighted by Crippen LogP contribution is -2.23. The smallest absolute Gasteiger partial charge is 0.220 e. The molecule has 4 nitrogen and oxygen atoms in total. The fourth-order valence-corrected chi connectivity index (χ4v) is 2.51. The van der Waals surface area contributed by atoms with Crippen molar-refractivity contribution in [2.45, 2.75) is 40.2 Å².